The molecule has 0 saturated carbocycles. The fourth-order valence-electron chi connectivity index (χ4n) is 4.34. The van der Waals surface area contributed by atoms with Crippen LogP contribution in [0.1, 0.15) is 16.8 Å². The second-order valence-electron chi connectivity index (χ2n) is 11.6. The molecule has 0 amide bonds. The SMILES string of the molecule is O=C(O)CC(C(=O)O)N(CC(=O)O)CC(=O)O.O=C(O)CN(CC(=O)O)c1ccccc1C(=O)O.O=P(O)(O)CN(CCN(CP(=O)(O)O)CP(=O)(O)O)CP(=O)(O)O. The van der Waals surface area contributed by atoms with Gasteiger partial charge in [-0.1, -0.05) is 12.1 Å². The molecule has 0 fully saturated rings. The number of anilines is 1. The summed E-state index contributed by atoms with van der Waals surface area (Å²) in [5, 5.41) is 60.5. The van der Waals surface area contributed by atoms with Crippen LogP contribution in [0.2, 0.25) is 0 Å². The Morgan fingerprint density at radius 1 is 0.492 bits per heavy atom. The maximum absolute atomic E-state index is 11.0. The smallest absolute Gasteiger partial charge is 0.339 e. The minimum atomic E-state index is -4.69. The van der Waals surface area contributed by atoms with Gasteiger partial charge in [0.25, 0.3) is 0 Å². The quantitative estimate of drug-likeness (QED) is 0.0431. The third-order valence-electron chi connectivity index (χ3n) is 6.17. The molecular formula is C25H42N4O26P4. The molecule has 1 aromatic rings. The third kappa shape index (κ3) is 31.4. The Labute approximate surface area is 330 Å². The largest absolute Gasteiger partial charge is 0.481 e. The number of nitrogens with zero attached hydrogens (tertiary/aromatic N) is 4. The van der Waals surface area contributed by atoms with Crippen LogP contribution in [-0.4, -0.2) is 202 Å². The first-order valence-electron chi connectivity index (χ1n) is 15.3. The molecule has 0 spiro atoms. The average molecular weight is 939 g/mol. The molecule has 0 aromatic heterocycles. The van der Waals surface area contributed by atoms with Gasteiger partial charge in [-0.2, -0.15) is 0 Å². The summed E-state index contributed by atoms with van der Waals surface area (Å²) in [6, 6.07) is 3.95. The molecule has 0 aliphatic heterocycles. The molecule has 1 atom stereocenters. The second kappa shape index (κ2) is 25.4. The van der Waals surface area contributed by atoms with E-state index in [0.29, 0.717) is 14.7 Å². The maximum atomic E-state index is 11.0. The van der Waals surface area contributed by atoms with Crippen molar-refractivity contribution in [3.05, 3.63) is 29.8 Å². The zero-order valence-electron chi connectivity index (χ0n) is 29.9. The van der Waals surface area contributed by atoms with Gasteiger partial charge in [0, 0.05) is 13.1 Å². The molecule has 0 aliphatic carbocycles. The van der Waals surface area contributed by atoms with Gasteiger partial charge in [0.1, 0.15) is 44.3 Å². The van der Waals surface area contributed by atoms with Crippen LogP contribution in [-0.2, 0) is 47.0 Å². The van der Waals surface area contributed by atoms with Gasteiger partial charge in [-0.3, -0.25) is 61.7 Å². The molecule has 0 heterocycles. The maximum Gasteiger partial charge on any atom is 0.339 e. The Balaban J connectivity index is 0. The third-order valence-corrected chi connectivity index (χ3v) is 9.24. The van der Waals surface area contributed by atoms with Crippen LogP contribution in [0.4, 0.5) is 5.69 Å². The van der Waals surface area contributed by atoms with Crippen molar-refractivity contribution in [2.24, 2.45) is 0 Å². The molecule has 1 aromatic carbocycles. The van der Waals surface area contributed by atoms with E-state index >= 15 is 0 Å². The first-order chi connectivity index (χ1) is 26.5. The number of hydrogen-bond donors (Lipinski definition) is 15. The van der Waals surface area contributed by atoms with E-state index in [1.807, 2.05) is 0 Å². The van der Waals surface area contributed by atoms with Crippen molar-refractivity contribution in [3.8, 4) is 0 Å². The van der Waals surface area contributed by atoms with Crippen LogP contribution < -0.4 is 4.90 Å². The van der Waals surface area contributed by atoms with Crippen molar-refractivity contribution in [3.63, 3.8) is 0 Å². The highest BCUT2D eigenvalue weighted by Gasteiger charge is 2.32. The molecule has 338 valence electrons. The molecule has 30 nitrogen and oxygen atoms in total. The number of aliphatic carboxylic acids is 6. The summed E-state index contributed by atoms with van der Waals surface area (Å²) >= 11 is 0. The van der Waals surface area contributed by atoms with Gasteiger partial charge < -0.3 is 79.8 Å². The number of hydrogen-bond acceptors (Lipinski definition) is 15. The van der Waals surface area contributed by atoms with Gasteiger partial charge in [0.15, 0.2) is 0 Å². The van der Waals surface area contributed by atoms with E-state index in [2.05, 4.69) is 0 Å². The molecule has 1 rings (SSSR count). The second-order valence-corrected chi connectivity index (χ2v) is 18.1. The first-order valence-corrected chi connectivity index (χ1v) is 22.5. The number of benzene rings is 1. The van der Waals surface area contributed by atoms with Crippen molar-refractivity contribution < 1.29 is 127 Å². The van der Waals surface area contributed by atoms with Crippen molar-refractivity contribution in [1.29, 1.82) is 0 Å². The molecule has 59 heavy (non-hydrogen) atoms. The van der Waals surface area contributed by atoms with Crippen LogP contribution >= 0.6 is 30.4 Å². The molecule has 0 bridgehead atoms. The normalized spacial score (nSPS) is 12.4. The van der Waals surface area contributed by atoms with Gasteiger partial charge in [-0.25, -0.2) is 4.79 Å². The fraction of sp³-hybridized carbons (Fsp3) is 0.480. The molecule has 15 N–H and O–H groups in total. The molecule has 0 radical (unpaired) electrons. The van der Waals surface area contributed by atoms with Crippen LogP contribution in [0.3, 0.4) is 0 Å². The molecule has 0 aliphatic rings. The lowest BCUT2D eigenvalue weighted by Crippen LogP contribution is -2.47. The van der Waals surface area contributed by atoms with Gasteiger partial charge in [-0.05, 0) is 12.1 Å². The molecule has 0 saturated heterocycles. The van der Waals surface area contributed by atoms with E-state index in [4.69, 9.17) is 74.9 Å². The van der Waals surface area contributed by atoms with Crippen molar-refractivity contribution in [2.75, 3.05) is 69.3 Å². The van der Waals surface area contributed by atoms with Gasteiger partial charge in [0.05, 0.1) is 30.8 Å². The molecular weight excluding hydrogens is 896 g/mol. The standard InChI is InChI=1S/C11H11NO6.C8H11NO8.C6H20N2O12P4/c13-9(14)5-12(6-10(15)16)8-4-2-1-3-7(8)11(17)18;10-5(11)1-4(8(16)17)9(2-6(12)13)3-7(14)15;9-21(10,11)3-7(4-22(12,13)14)1-2-8(5-23(15,16)17)6-24(18,19)20/h1-4H,5-6H2,(H,13,14)(H,15,16)(H,17,18);4H,1-3H2,(H,10,11)(H,12,13)(H,14,15)(H,16,17);1-6H2,(H2,9,10,11)(H2,12,13,14)(H2,15,16,17)(H2,18,19,20). The van der Waals surface area contributed by atoms with Crippen molar-refractivity contribution in [2.45, 2.75) is 12.5 Å². The van der Waals surface area contributed by atoms with E-state index in [9.17, 15) is 51.8 Å². The lowest BCUT2D eigenvalue weighted by atomic mass is 10.1. The van der Waals surface area contributed by atoms with Gasteiger partial charge in [0.2, 0.25) is 0 Å². The number of aromatic carboxylic acids is 1. The Morgan fingerprint density at radius 3 is 1.07 bits per heavy atom. The summed E-state index contributed by atoms with van der Waals surface area (Å²) < 4.78 is 43.9. The van der Waals surface area contributed by atoms with Crippen LogP contribution in [0, 0.1) is 0 Å². The topological polar surface area (TPSA) is 504 Å². The Kier molecular flexibility index (Phi) is 24.5. The summed E-state index contributed by atoms with van der Waals surface area (Å²) in [5.41, 5.74) is -0.0743. The Bertz CT molecular complexity index is 1690. The first kappa shape index (κ1) is 56.9. The number of rotatable bonds is 25. The van der Waals surface area contributed by atoms with E-state index in [0.717, 1.165) is 4.90 Å². The summed E-state index contributed by atoms with van der Waals surface area (Å²) in [6.45, 7) is -3.91. The number of carboxylic acids is 7. The van der Waals surface area contributed by atoms with E-state index in [1.54, 1.807) is 0 Å². The summed E-state index contributed by atoms with van der Waals surface area (Å²) in [7, 11) is -18.8. The van der Waals surface area contributed by atoms with E-state index < -0.39 is 149 Å². The van der Waals surface area contributed by atoms with Gasteiger partial charge >= 0.3 is 72.2 Å². The fourth-order valence-corrected chi connectivity index (χ4v) is 7.71. The Morgan fingerprint density at radius 2 is 0.814 bits per heavy atom. The highest BCUT2D eigenvalue weighted by Crippen LogP contribution is 2.42. The van der Waals surface area contributed by atoms with Crippen molar-refractivity contribution >= 4 is 77.9 Å². The number of carboxylic acid groups (broad SMARTS) is 7. The Hall–Kier alpha value is -4.21. The summed E-state index contributed by atoms with van der Waals surface area (Å²) in [4.78, 5) is 148. The lowest BCUT2D eigenvalue weighted by Gasteiger charge is -2.28. The van der Waals surface area contributed by atoms with Crippen molar-refractivity contribution in [1.82, 2.24) is 14.7 Å². The molecule has 34 heteroatoms. The zero-order valence-corrected chi connectivity index (χ0v) is 33.5. The van der Waals surface area contributed by atoms with Crippen LogP contribution in [0.15, 0.2) is 24.3 Å². The minimum absolute atomic E-state index is 0.0646. The highest BCUT2D eigenvalue weighted by atomic mass is 31.2. The average Bonchev–Trinajstić information content (AvgIpc) is 2.98. The molecule has 1 unspecified atom stereocenters. The van der Waals surface area contributed by atoms with Gasteiger partial charge in [-0.15, -0.1) is 0 Å². The zero-order chi connectivity index (χ0) is 46.7. The monoisotopic (exact) mass is 938 g/mol. The number of para-hydroxylation sites is 1. The van der Waals surface area contributed by atoms with Crippen LogP contribution in [0.5, 0.6) is 0 Å². The van der Waals surface area contributed by atoms with Crippen LogP contribution in [0.25, 0.3) is 0 Å². The highest BCUT2D eigenvalue weighted by molar-refractivity contribution is 7.53. The lowest BCUT2D eigenvalue weighted by molar-refractivity contribution is -0.154. The number of carbonyl (C=O) groups is 7. The van der Waals surface area contributed by atoms with E-state index in [-0.39, 0.29) is 11.3 Å². The minimum Gasteiger partial charge on any atom is -0.481 e. The summed E-state index contributed by atoms with van der Waals surface area (Å²) in [6.07, 6.45) is -5.05. The predicted molar refractivity (Wildman–Crippen MR) is 192 cm³/mol. The summed E-state index contributed by atoms with van der Waals surface area (Å²) in [5.74, 6) is -9.65. The predicted octanol–water partition coefficient (Wildman–Crippen LogP) is -3.12. The van der Waals surface area contributed by atoms with E-state index in [1.165, 1.54) is 24.3 Å².